The molecule has 3 rings (SSSR count). The monoisotopic (exact) mass is 388 g/mol. The molecule has 136 valence electrons. The number of nitrogens with one attached hydrogen (secondary N) is 1. The average molecular weight is 389 g/mol. The Kier molecular flexibility index (Phi) is 5.26. The molecule has 2 aromatic rings. The predicted octanol–water partition coefficient (Wildman–Crippen LogP) is 1.54. The lowest BCUT2D eigenvalue weighted by Gasteiger charge is -2.09. The van der Waals surface area contributed by atoms with Crippen molar-refractivity contribution < 1.29 is 12.8 Å². The Morgan fingerprint density at radius 2 is 2.12 bits per heavy atom. The highest BCUT2D eigenvalue weighted by atomic mass is 35.5. The lowest BCUT2D eigenvalue weighted by atomic mass is 10.2. The van der Waals surface area contributed by atoms with Gasteiger partial charge in [-0.1, -0.05) is 11.6 Å². The van der Waals surface area contributed by atoms with Gasteiger partial charge in [-0.2, -0.15) is 5.10 Å². The van der Waals surface area contributed by atoms with Gasteiger partial charge in [0, 0.05) is 26.1 Å². The number of sulfonamides is 1. The van der Waals surface area contributed by atoms with Crippen LogP contribution in [-0.4, -0.2) is 29.3 Å². The van der Waals surface area contributed by atoms with Crippen molar-refractivity contribution in [3.63, 3.8) is 0 Å². The Hall–Kier alpha value is -1.71. The van der Waals surface area contributed by atoms with Crippen molar-refractivity contribution in [2.75, 3.05) is 6.54 Å². The second-order valence-corrected chi connectivity index (χ2v) is 8.00. The van der Waals surface area contributed by atoms with Crippen molar-refractivity contribution >= 4 is 21.6 Å². The van der Waals surface area contributed by atoms with Crippen molar-refractivity contribution in [1.29, 1.82) is 0 Å². The first-order chi connectivity index (χ1) is 11.9. The smallest absolute Gasteiger partial charge is 0.279 e. The third kappa shape index (κ3) is 3.94. The van der Waals surface area contributed by atoms with E-state index in [9.17, 15) is 17.6 Å². The zero-order valence-electron chi connectivity index (χ0n) is 13.4. The molecule has 0 fully saturated rings. The summed E-state index contributed by atoms with van der Waals surface area (Å²) in [4.78, 5) is 11.9. The molecule has 1 aliphatic heterocycles. The minimum Gasteiger partial charge on any atom is -0.279 e. The molecule has 0 bridgehead atoms. The van der Waals surface area contributed by atoms with E-state index in [1.54, 1.807) is 4.57 Å². The quantitative estimate of drug-likeness (QED) is 0.760. The number of halogens is 2. The SMILES string of the molecule is O=c1n(CCCNS(=O)(=O)c2cc(F)ccc2Cl)nc2n1CCCC2. The van der Waals surface area contributed by atoms with Crippen LogP contribution in [0.1, 0.15) is 25.1 Å². The third-order valence-corrected chi connectivity index (χ3v) is 6.00. The fourth-order valence-electron chi connectivity index (χ4n) is 2.79. The highest BCUT2D eigenvalue weighted by Crippen LogP contribution is 2.21. The van der Waals surface area contributed by atoms with E-state index in [0.717, 1.165) is 37.2 Å². The van der Waals surface area contributed by atoms with Gasteiger partial charge in [0.15, 0.2) is 0 Å². The number of hydrogen-bond acceptors (Lipinski definition) is 4. The van der Waals surface area contributed by atoms with Gasteiger partial charge in [0.25, 0.3) is 0 Å². The molecule has 0 saturated carbocycles. The van der Waals surface area contributed by atoms with Gasteiger partial charge in [0.1, 0.15) is 16.5 Å². The highest BCUT2D eigenvalue weighted by molar-refractivity contribution is 7.89. The molecule has 2 heterocycles. The van der Waals surface area contributed by atoms with Gasteiger partial charge >= 0.3 is 5.69 Å². The van der Waals surface area contributed by atoms with Crippen LogP contribution >= 0.6 is 11.6 Å². The number of hydrogen-bond donors (Lipinski definition) is 1. The molecule has 0 saturated heterocycles. The Morgan fingerprint density at radius 3 is 2.88 bits per heavy atom. The maximum Gasteiger partial charge on any atom is 0.345 e. The average Bonchev–Trinajstić information content (AvgIpc) is 2.90. The van der Waals surface area contributed by atoms with Gasteiger partial charge in [0.05, 0.1) is 5.02 Å². The first-order valence-corrected chi connectivity index (χ1v) is 9.86. The summed E-state index contributed by atoms with van der Waals surface area (Å²) >= 11 is 5.82. The van der Waals surface area contributed by atoms with E-state index in [4.69, 9.17) is 11.6 Å². The summed E-state index contributed by atoms with van der Waals surface area (Å²) in [5, 5.41) is 4.24. The van der Waals surface area contributed by atoms with E-state index in [1.165, 1.54) is 10.7 Å². The van der Waals surface area contributed by atoms with E-state index in [2.05, 4.69) is 9.82 Å². The zero-order valence-corrected chi connectivity index (χ0v) is 15.0. The molecule has 0 spiro atoms. The summed E-state index contributed by atoms with van der Waals surface area (Å²) in [7, 11) is -3.92. The van der Waals surface area contributed by atoms with Crippen LogP contribution in [0.25, 0.3) is 0 Å². The molecule has 0 aliphatic carbocycles. The van der Waals surface area contributed by atoms with Crippen molar-refractivity contribution in [2.24, 2.45) is 0 Å². The van der Waals surface area contributed by atoms with Gasteiger partial charge in [-0.3, -0.25) is 4.57 Å². The number of aryl methyl sites for hydroxylation is 2. The minimum absolute atomic E-state index is 0.0492. The highest BCUT2D eigenvalue weighted by Gasteiger charge is 2.19. The largest absolute Gasteiger partial charge is 0.345 e. The van der Waals surface area contributed by atoms with E-state index in [-0.39, 0.29) is 22.2 Å². The summed E-state index contributed by atoms with van der Waals surface area (Å²) in [5.41, 5.74) is -0.161. The minimum atomic E-state index is -3.92. The summed E-state index contributed by atoms with van der Waals surface area (Å²) in [6.07, 6.45) is 3.15. The van der Waals surface area contributed by atoms with Crippen LogP contribution in [0.2, 0.25) is 5.02 Å². The van der Waals surface area contributed by atoms with Crippen molar-refractivity contribution in [3.05, 3.63) is 45.3 Å². The molecule has 0 unspecified atom stereocenters. The molecule has 0 atom stereocenters. The lowest BCUT2D eigenvalue weighted by molar-refractivity contribution is 0.508. The number of fused-ring (bicyclic) bond motifs is 1. The number of nitrogens with zero attached hydrogens (tertiary/aromatic N) is 3. The molecular formula is C15H18ClFN4O3S. The first-order valence-electron chi connectivity index (χ1n) is 8.00. The summed E-state index contributed by atoms with van der Waals surface area (Å²) in [6, 6.07) is 3.16. The molecule has 7 nitrogen and oxygen atoms in total. The van der Waals surface area contributed by atoms with Crippen molar-refractivity contribution in [1.82, 2.24) is 19.1 Å². The lowest BCUT2D eigenvalue weighted by Crippen LogP contribution is -2.29. The van der Waals surface area contributed by atoms with Crippen molar-refractivity contribution in [3.8, 4) is 0 Å². The van der Waals surface area contributed by atoms with Gasteiger partial charge in [-0.05, 0) is 37.5 Å². The summed E-state index contributed by atoms with van der Waals surface area (Å²) in [6.45, 7) is 1.07. The van der Waals surface area contributed by atoms with E-state index in [0.29, 0.717) is 19.5 Å². The Morgan fingerprint density at radius 1 is 1.32 bits per heavy atom. The van der Waals surface area contributed by atoms with Crippen LogP contribution < -0.4 is 10.4 Å². The standard InChI is InChI=1S/C15H18ClFN4O3S/c16-12-6-5-11(17)10-13(12)25(23,24)18-7-3-9-21-15(22)20-8-2-1-4-14(20)19-21/h5-6,10,18H,1-4,7-9H2. The normalized spacial score (nSPS) is 14.5. The molecule has 1 N–H and O–H groups in total. The second-order valence-electron chi connectivity index (χ2n) is 5.86. The van der Waals surface area contributed by atoms with Crippen LogP contribution in [0.4, 0.5) is 4.39 Å². The Balaban J connectivity index is 1.61. The molecule has 1 aromatic heterocycles. The van der Waals surface area contributed by atoms with Crippen LogP contribution in [0, 0.1) is 5.82 Å². The van der Waals surface area contributed by atoms with Crippen LogP contribution in [0.3, 0.4) is 0 Å². The van der Waals surface area contributed by atoms with Crippen LogP contribution in [0.5, 0.6) is 0 Å². The van der Waals surface area contributed by atoms with Gasteiger partial charge < -0.3 is 0 Å². The first kappa shape index (κ1) is 18.1. The number of benzene rings is 1. The zero-order chi connectivity index (χ0) is 18.0. The van der Waals surface area contributed by atoms with E-state index < -0.39 is 15.8 Å². The topological polar surface area (TPSA) is 86.0 Å². The maximum absolute atomic E-state index is 13.2. The van der Waals surface area contributed by atoms with E-state index in [1.807, 2.05) is 0 Å². The molecule has 25 heavy (non-hydrogen) atoms. The number of rotatable bonds is 6. The maximum atomic E-state index is 13.2. The second kappa shape index (κ2) is 7.27. The molecule has 1 aromatic carbocycles. The molecule has 1 aliphatic rings. The van der Waals surface area contributed by atoms with Gasteiger partial charge in [0.2, 0.25) is 10.0 Å². The van der Waals surface area contributed by atoms with E-state index >= 15 is 0 Å². The number of aromatic nitrogens is 3. The van der Waals surface area contributed by atoms with Crippen LogP contribution in [0.15, 0.2) is 27.9 Å². The molecular weight excluding hydrogens is 371 g/mol. The Labute approximate surface area is 149 Å². The Bertz CT molecular complexity index is 939. The molecule has 0 amide bonds. The van der Waals surface area contributed by atoms with Crippen LogP contribution in [-0.2, 0) is 29.5 Å². The fourth-order valence-corrected chi connectivity index (χ4v) is 4.37. The summed E-state index contributed by atoms with van der Waals surface area (Å²) in [5.74, 6) is 0.100. The summed E-state index contributed by atoms with van der Waals surface area (Å²) < 4.78 is 43.0. The van der Waals surface area contributed by atoms with Crippen molar-refractivity contribution in [2.45, 2.75) is 43.7 Å². The molecule has 0 radical (unpaired) electrons. The predicted molar refractivity (Wildman–Crippen MR) is 90.6 cm³/mol. The fraction of sp³-hybridized carbons (Fsp3) is 0.467. The van der Waals surface area contributed by atoms with Gasteiger partial charge in [-0.15, -0.1) is 0 Å². The van der Waals surface area contributed by atoms with Gasteiger partial charge in [-0.25, -0.2) is 27.0 Å². The third-order valence-electron chi connectivity index (χ3n) is 4.05. The molecule has 10 heteroatoms.